The van der Waals surface area contributed by atoms with Crippen molar-refractivity contribution in [2.75, 3.05) is 47.4 Å². The number of aliphatic hydroxyl groups is 2. The topological polar surface area (TPSA) is 98.4 Å². The average Bonchev–Trinajstić information content (AvgIpc) is 3.18. The molecule has 26 heavy (non-hydrogen) atoms. The van der Waals surface area contributed by atoms with Crippen LogP contribution < -0.4 is 5.32 Å². The maximum Gasteiger partial charge on any atom is 0.287 e. The van der Waals surface area contributed by atoms with Crippen LogP contribution in [0.15, 0.2) is 22.8 Å². The molecule has 0 radical (unpaired) electrons. The molecule has 0 bridgehead atoms. The van der Waals surface area contributed by atoms with Crippen molar-refractivity contribution >= 4 is 30.7 Å². The van der Waals surface area contributed by atoms with E-state index in [1.54, 1.807) is 12.1 Å². The summed E-state index contributed by atoms with van der Waals surface area (Å²) in [5.74, 6) is -0.106. The first-order chi connectivity index (χ1) is 11.4. The quantitative estimate of drug-likeness (QED) is 0.544. The van der Waals surface area contributed by atoms with Crippen LogP contribution in [-0.4, -0.2) is 97.7 Å². The minimum absolute atomic E-state index is 0. The standard InChI is InChI=1S/C16H27N3O5.2ClH/c1-18(2)6-7-19(3)14-12(24-13(10-20)15(14)21)9-17-16(22)11-5-4-8-23-11;;/h4-5,8,12-15,20-21H,6-7,9-10H2,1-3H3,(H,17,22);2*1H/t12-,13+,14+,15-;;/m1../s1. The molecule has 152 valence electrons. The molecule has 1 aromatic rings. The zero-order valence-corrected chi connectivity index (χ0v) is 16.8. The predicted octanol–water partition coefficient (Wildman–Crippen LogP) is -0.164. The van der Waals surface area contributed by atoms with Crippen LogP contribution in [0.25, 0.3) is 0 Å². The number of rotatable bonds is 8. The van der Waals surface area contributed by atoms with Crippen LogP contribution in [-0.2, 0) is 4.74 Å². The fourth-order valence-corrected chi connectivity index (χ4v) is 2.88. The SMILES string of the molecule is CN(C)CCN(C)[C@@H]1[C@H](O)[C@H](CO)O[C@@H]1CNC(=O)c1ccco1.Cl.Cl. The number of nitrogens with zero attached hydrogens (tertiary/aromatic N) is 2. The van der Waals surface area contributed by atoms with Crippen molar-refractivity contribution in [3.63, 3.8) is 0 Å². The van der Waals surface area contributed by atoms with Gasteiger partial charge in [0.2, 0.25) is 0 Å². The van der Waals surface area contributed by atoms with Gasteiger partial charge < -0.3 is 29.6 Å². The minimum Gasteiger partial charge on any atom is -0.459 e. The van der Waals surface area contributed by atoms with Gasteiger partial charge in [0.25, 0.3) is 5.91 Å². The number of carbonyl (C=O) groups is 1. The lowest BCUT2D eigenvalue weighted by atomic mass is 10.0. The van der Waals surface area contributed by atoms with Gasteiger partial charge in [0.15, 0.2) is 5.76 Å². The number of likely N-dealkylation sites (N-methyl/N-ethyl adjacent to an activating group) is 2. The number of aliphatic hydroxyl groups excluding tert-OH is 2. The highest BCUT2D eigenvalue weighted by Gasteiger charge is 2.45. The lowest BCUT2D eigenvalue weighted by Crippen LogP contribution is -2.51. The van der Waals surface area contributed by atoms with Crippen molar-refractivity contribution in [1.29, 1.82) is 0 Å². The van der Waals surface area contributed by atoms with E-state index in [1.807, 2.05) is 26.0 Å². The van der Waals surface area contributed by atoms with Gasteiger partial charge in [-0.3, -0.25) is 9.69 Å². The molecule has 2 rings (SSSR count). The summed E-state index contributed by atoms with van der Waals surface area (Å²) in [5.41, 5.74) is 0. The Balaban J connectivity index is 0.00000312. The molecule has 1 amide bonds. The molecule has 0 unspecified atom stereocenters. The number of furan rings is 1. The van der Waals surface area contributed by atoms with Gasteiger partial charge in [-0.1, -0.05) is 0 Å². The van der Waals surface area contributed by atoms with Crippen molar-refractivity contribution in [3.05, 3.63) is 24.2 Å². The Labute approximate surface area is 166 Å². The maximum absolute atomic E-state index is 12.0. The highest BCUT2D eigenvalue weighted by atomic mass is 35.5. The first-order valence-electron chi connectivity index (χ1n) is 8.05. The van der Waals surface area contributed by atoms with Gasteiger partial charge in [0.1, 0.15) is 12.2 Å². The second-order valence-corrected chi connectivity index (χ2v) is 6.35. The summed E-state index contributed by atoms with van der Waals surface area (Å²) in [5, 5.41) is 22.6. The Morgan fingerprint density at radius 2 is 1.92 bits per heavy atom. The van der Waals surface area contributed by atoms with E-state index >= 15 is 0 Å². The molecule has 3 N–H and O–H groups in total. The van der Waals surface area contributed by atoms with E-state index in [0.29, 0.717) is 0 Å². The summed E-state index contributed by atoms with van der Waals surface area (Å²) in [6.07, 6.45) is -0.442. The lowest BCUT2D eigenvalue weighted by Gasteiger charge is -2.31. The van der Waals surface area contributed by atoms with Crippen LogP contribution in [0.3, 0.4) is 0 Å². The largest absolute Gasteiger partial charge is 0.459 e. The number of nitrogens with one attached hydrogen (secondary N) is 1. The van der Waals surface area contributed by atoms with Crippen LogP contribution in [0, 0.1) is 0 Å². The third-order valence-corrected chi connectivity index (χ3v) is 4.26. The Kier molecular flexibility index (Phi) is 11.4. The monoisotopic (exact) mass is 413 g/mol. The molecule has 1 aromatic heterocycles. The fourth-order valence-electron chi connectivity index (χ4n) is 2.88. The normalized spacial score (nSPS) is 25.0. The maximum atomic E-state index is 12.0. The molecule has 1 aliphatic rings. The number of carbonyl (C=O) groups excluding carboxylic acids is 1. The summed E-state index contributed by atoms with van der Waals surface area (Å²) in [6.45, 7) is 1.53. The third kappa shape index (κ3) is 6.38. The summed E-state index contributed by atoms with van der Waals surface area (Å²) in [7, 11) is 5.86. The Bertz CT molecular complexity index is 518. The molecule has 1 fully saturated rings. The second-order valence-electron chi connectivity index (χ2n) is 6.35. The molecule has 1 aliphatic heterocycles. The van der Waals surface area contributed by atoms with Crippen molar-refractivity contribution in [3.8, 4) is 0 Å². The van der Waals surface area contributed by atoms with Crippen LogP contribution in [0.1, 0.15) is 10.6 Å². The second kappa shape index (κ2) is 11.8. The van der Waals surface area contributed by atoms with Gasteiger partial charge in [0, 0.05) is 19.6 Å². The summed E-state index contributed by atoms with van der Waals surface area (Å²) in [6, 6.07) is 2.92. The smallest absolute Gasteiger partial charge is 0.287 e. The van der Waals surface area contributed by atoms with E-state index in [1.165, 1.54) is 6.26 Å². The van der Waals surface area contributed by atoms with E-state index in [0.717, 1.165) is 13.1 Å². The van der Waals surface area contributed by atoms with Crippen molar-refractivity contribution in [2.45, 2.75) is 24.4 Å². The zero-order valence-electron chi connectivity index (χ0n) is 15.2. The zero-order chi connectivity index (χ0) is 17.7. The van der Waals surface area contributed by atoms with Crippen molar-refractivity contribution < 1.29 is 24.2 Å². The van der Waals surface area contributed by atoms with Gasteiger partial charge in [-0.2, -0.15) is 0 Å². The van der Waals surface area contributed by atoms with Gasteiger partial charge >= 0.3 is 0 Å². The minimum atomic E-state index is -0.812. The Morgan fingerprint density at radius 3 is 2.46 bits per heavy atom. The molecule has 0 aliphatic carbocycles. The van der Waals surface area contributed by atoms with Crippen LogP contribution >= 0.6 is 24.8 Å². The van der Waals surface area contributed by atoms with Crippen LogP contribution in [0.5, 0.6) is 0 Å². The van der Waals surface area contributed by atoms with E-state index < -0.39 is 18.3 Å². The van der Waals surface area contributed by atoms with E-state index in [4.69, 9.17) is 9.15 Å². The molecule has 0 saturated carbocycles. The molecular formula is C16H29Cl2N3O5. The molecular weight excluding hydrogens is 385 g/mol. The number of ether oxygens (including phenoxy) is 1. The molecule has 0 spiro atoms. The van der Waals surface area contributed by atoms with E-state index in [-0.39, 0.29) is 55.7 Å². The molecule has 10 heteroatoms. The first-order valence-corrected chi connectivity index (χ1v) is 8.05. The number of halogens is 2. The molecule has 1 saturated heterocycles. The Hall–Kier alpha value is -0.870. The molecule has 4 atom stereocenters. The van der Waals surface area contributed by atoms with Crippen molar-refractivity contribution in [2.24, 2.45) is 0 Å². The molecule has 2 heterocycles. The van der Waals surface area contributed by atoms with Crippen molar-refractivity contribution in [1.82, 2.24) is 15.1 Å². The summed E-state index contributed by atoms with van der Waals surface area (Å²) >= 11 is 0. The highest BCUT2D eigenvalue weighted by Crippen LogP contribution is 2.24. The van der Waals surface area contributed by atoms with Gasteiger partial charge in [-0.05, 0) is 33.3 Å². The van der Waals surface area contributed by atoms with Gasteiger partial charge in [0.05, 0.1) is 25.0 Å². The molecule has 0 aromatic carbocycles. The lowest BCUT2D eigenvalue weighted by molar-refractivity contribution is -0.0209. The number of hydrogen-bond donors (Lipinski definition) is 3. The van der Waals surface area contributed by atoms with Crippen LogP contribution in [0.4, 0.5) is 0 Å². The molecule has 8 nitrogen and oxygen atoms in total. The van der Waals surface area contributed by atoms with E-state index in [2.05, 4.69) is 10.2 Å². The Morgan fingerprint density at radius 1 is 1.23 bits per heavy atom. The number of hydrogen-bond acceptors (Lipinski definition) is 7. The van der Waals surface area contributed by atoms with E-state index in [9.17, 15) is 15.0 Å². The highest BCUT2D eigenvalue weighted by molar-refractivity contribution is 5.91. The van der Waals surface area contributed by atoms with Gasteiger partial charge in [-0.25, -0.2) is 0 Å². The summed E-state index contributed by atoms with van der Waals surface area (Å²) < 4.78 is 10.8. The average molecular weight is 414 g/mol. The summed E-state index contributed by atoms with van der Waals surface area (Å²) in [4.78, 5) is 16.0. The third-order valence-electron chi connectivity index (χ3n) is 4.26. The van der Waals surface area contributed by atoms with Gasteiger partial charge in [-0.15, -0.1) is 24.8 Å². The predicted molar refractivity (Wildman–Crippen MR) is 102 cm³/mol. The van der Waals surface area contributed by atoms with Crippen LogP contribution in [0.2, 0.25) is 0 Å². The first kappa shape index (κ1) is 25.1. The number of amides is 1. The fraction of sp³-hybridized carbons (Fsp3) is 0.688.